The van der Waals surface area contributed by atoms with Crippen LogP contribution >= 0.6 is 0 Å². The minimum atomic E-state index is -0.410. The third-order valence-electron chi connectivity index (χ3n) is 4.34. The van der Waals surface area contributed by atoms with E-state index in [0.29, 0.717) is 17.2 Å². The molecule has 1 aromatic carbocycles. The minimum absolute atomic E-state index is 0.109. The second-order valence-electron chi connectivity index (χ2n) is 5.96. The predicted octanol–water partition coefficient (Wildman–Crippen LogP) is 3.66. The maximum absolute atomic E-state index is 14.3. The molecule has 6 heteroatoms. The van der Waals surface area contributed by atoms with Crippen molar-refractivity contribution in [1.82, 2.24) is 9.55 Å². The fourth-order valence-corrected chi connectivity index (χ4v) is 2.95. The Hall–Kier alpha value is -2.89. The molecule has 1 fully saturated rings. The van der Waals surface area contributed by atoms with Gasteiger partial charge in [-0.15, -0.1) is 0 Å². The van der Waals surface area contributed by atoms with Crippen LogP contribution in [0.3, 0.4) is 0 Å². The molecule has 5 nitrogen and oxygen atoms in total. The van der Waals surface area contributed by atoms with Gasteiger partial charge in [0.05, 0.1) is 12.0 Å². The SMILES string of the molecule is Cc1nccn1-c1ccc(NC(=O)[C@@H]2C[C@@H]2c2ccco2)cc1F. The van der Waals surface area contributed by atoms with E-state index in [9.17, 15) is 9.18 Å². The predicted molar refractivity (Wildman–Crippen MR) is 86.4 cm³/mol. The lowest BCUT2D eigenvalue weighted by molar-refractivity contribution is -0.117. The second-order valence-corrected chi connectivity index (χ2v) is 5.96. The quantitative estimate of drug-likeness (QED) is 0.796. The van der Waals surface area contributed by atoms with Crippen molar-refractivity contribution in [3.05, 3.63) is 66.4 Å². The molecule has 24 heavy (non-hydrogen) atoms. The molecule has 0 unspecified atom stereocenters. The lowest BCUT2D eigenvalue weighted by Crippen LogP contribution is -2.15. The average Bonchev–Trinajstić information content (AvgIpc) is 2.96. The Bertz CT molecular complexity index is 886. The molecule has 0 spiro atoms. The highest BCUT2D eigenvalue weighted by Crippen LogP contribution is 2.48. The lowest BCUT2D eigenvalue weighted by atomic mass is 10.2. The number of aryl methyl sites for hydroxylation is 1. The topological polar surface area (TPSA) is 60.1 Å². The van der Waals surface area contributed by atoms with Gasteiger partial charge in [-0.2, -0.15) is 0 Å². The van der Waals surface area contributed by atoms with Crippen LogP contribution in [0.2, 0.25) is 0 Å². The lowest BCUT2D eigenvalue weighted by Gasteiger charge is -2.09. The molecule has 2 atom stereocenters. The Labute approximate surface area is 138 Å². The van der Waals surface area contributed by atoms with Gasteiger partial charge in [-0.3, -0.25) is 4.79 Å². The van der Waals surface area contributed by atoms with E-state index in [2.05, 4.69) is 10.3 Å². The molecular formula is C18H16FN3O2. The first-order valence-corrected chi connectivity index (χ1v) is 7.77. The number of rotatable bonds is 4. The first-order valence-electron chi connectivity index (χ1n) is 7.77. The molecule has 0 radical (unpaired) electrons. The maximum atomic E-state index is 14.3. The van der Waals surface area contributed by atoms with E-state index in [4.69, 9.17) is 4.42 Å². The van der Waals surface area contributed by atoms with E-state index < -0.39 is 5.82 Å². The Morgan fingerprint density at radius 1 is 1.42 bits per heavy atom. The molecule has 4 rings (SSSR count). The molecule has 1 saturated carbocycles. The van der Waals surface area contributed by atoms with Gasteiger partial charge in [-0.05, 0) is 43.7 Å². The van der Waals surface area contributed by atoms with Crippen molar-refractivity contribution in [2.24, 2.45) is 5.92 Å². The number of carbonyl (C=O) groups is 1. The van der Waals surface area contributed by atoms with Gasteiger partial charge in [-0.25, -0.2) is 9.37 Å². The van der Waals surface area contributed by atoms with Crippen LogP contribution in [-0.2, 0) is 4.79 Å². The molecule has 1 amide bonds. The first kappa shape index (κ1) is 14.7. The number of amides is 1. The summed E-state index contributed by atoms with van der Waals surface area (Å²) in [6.07, 6.45) is 5.68. The highest BCUT2D eigenvalue weighted by Gasteiger charge is 2.45. The van der Waals surface area contributed by atoms with Crippen LogP contribution in [0.15, 0.2) is 53.4 Å². The van der Waals surface area contributed by atoms with Crippen LogP contribution in [0.5, 0.6) is 0 Å². The van der Waals surface area contributed by atoms with Crippen LogP contribution in [-0.4, -0.2) is 15.5 Å². The zero-order valence-electron chi connectivity index (χ0n) is 13.1. The monoisotopic (exact) mass is 325 g/mol. The normalized spacial score (nSPS) is 19.2. The molecule has 122 valence electrons. The molecule has 0 aliphatic heterocycles. The second kappa shape index (κ2) is 5.63. The largest absolute Gasteiger partial charge is 0.469 e. The fraction of sp³-hybridized carbons (Fsp3) is 0.222. The van der Waals surface area contributed by atoms with E-state index >= 15 is 0 Å². The van der Waals surface area contributed by atoms with Crippen LogP contribution in [0.4, 0.5) is 10.1 Å². The molecule has 2 aromatic heterocycles. The average molecular weight is 325 g/mol. The number of furan rings is 1. The number of carbonyl (C=O) groups excluding carboxylic acids is 1. The number of nitrogens with one attached hydrogen (secondary N) is 1. The smallest absolute Gasteiger partial charge is 0.228 e. The Morgan fingerprint density at radius 3 is 2.96 bits per heavy atom. The van der Waals surface area contributed by atoms with E-state index in [1.807, 2.05) is 12.1 Å². The molecular weight excluding hydrogens is 309 g/mol. The van der Waals surface area contributed by atoms with E-state index in [-0.39, 0.29) is 17.7 Å². The van der Waals surface area contributed by atoms with Crippen molar-refractivity contribution < 1.29 is 13.6 Å². The van der Waals surface area contributed by atoms with Crippen molar-refractivity contribution >= 4 is 11.6 Å². The number of nitrogens with zero attached hydrogens (tertiary/aromatic N) is 2. The summed E-state index contributed by atoms with van der Waals surface area (Å²) in [4.78, 5) is 16.4. The van der Waals surface area contributed by atoms with Crippen molar-refractivity contribution in [1.29, 1.82) is 0 Å². The van der Waals surface area contributed by atoms with Crippen LogP contribution in [0.25, 0.3) is 5.69 Å². The zero-order valence-corrected chi connectivity index (χ0v) is 13.1. The van der Waals surface area contributed by atoms with Crippen LogP contribution in [0, 0.1) is 18.7 Å². The highest BCUT2D eigenvalue weighted by atomic mass is 19.1. The molecule has 0 saturated heterocycles. The van der Waals surface area contributed by atoms with Gasteiger partial charge in [0.1, 0.15) is 17.4 Å². The standard InChI is InChI=1S/C18H16FN3O2/c1-11-20-6-7-22(11)16-5-4-12(9-15(16)19)21-18(23)14-10-13(14)17-3-2-8-24-17/h2-9,13-14H,10H2,1H3,(H,21,23)/t13-,14+/m0/s1. The summed E-state index contributed by atoms with van der Waals surface area (Å²) in [7, 11) is 0. The first-order chi connectivity index (χ1) is 11.6. The maximum Gasteiger partial charge on any atom is 0.228 e. The summed E-state index contributed by atoms with van der Waals surface area (Å²) >= 11 is 0. The molecule has 0 bridgehead atoms. The van der Waals surface area contributed by atoms with Gasteiger partial charge in [0.15, 0.2) is 0 Å². The summed E-state index contributed by atoms with van der Waals surface area (Å²) in [5.41, 5.74) is 0.854. The third-order valence-corrected chi connectivity index (χ3v) is 4.34. The zero-order chi connectivity index (χ0) is 16.7. The minimum Gasteiger partial charge on any atom is -0.469 e. The number of benzene rings is 1. The van der Waals surface area contributed by atoms with Crippen molar-refractivity contribution in [2.75, 3.05) is 5.32 Å². The highest BCUT2D eigenvalue weighted by molar-refractivity contribution is 5.95. The number of anilines is 1. The summed E-state index contributed by atoms with van der Waals surface area (Å²) in [6.45, 7) is 1.80. The fourth-order valence-electron chi connectivity index (χ4n) is 2.95. The van der Waals surface area contributed by atoms with Gasteiger partial charge in [0, 0.05) is 29.9 Å². The molecule has 1 N–H and O–H groups in total. The number of aromatic nitrogens is 2. The van der Waals surface area contributed by atoms with E-state index in [1.165, 1.54) is 6.07 Å². The van der Waals surface area contributed by atoms with Gasteiger partial charge >= 0.3 is 0 Å². The Kier molecular flexibility index (Phi) is 3.45. The molecule has 1 aliphatic carbocycles. The van der Waals surface area contributed by atoms with Gasteiger partial charge in [-0.1, -0.05) is 0 Å². The van der Waals surface area contributed by atoms with Crippen molar-refractivity contribution in [3.63, 3.8) is 0 Å². The Balaban J connectivity index is 1.47. The number of imidazole rings is 1. The summed E-state index contributed by atoms with van der Waals surface area (Å²) in [5, 5.41) is 2.78. The van der Waals surface area contributed by atoms with Crippen LogP contribution < -0.4 is 5.32 Å². The van der Waals surface area contributed by atoms with E-state index in [0.717, 1.165) is 12.2 Å². The third kappa shape index (κ3) is 2.60. The van der Waals surface area contributed by atoms with Crippen molar-refractivity contribution in [2.45, 2.75) is 19.3 Å². The van der Waals surface area contributed by atoms with Gasteiger partial charge in [0.2, 0.25) is 5.91 Å². The van der Waals surface area contributed by atoms with E-state index in [1.54, 1.807) is 42.3 Å². The summed E-state index contributed by atoms with van der Waals surface area (Å²) in [6, 6.07) is 8.35. The summed E-state index contributed by atoms with van der Waals surface area (Å²) < 4.78 is 21.3. The molecule has 2 heterocycles. The Morgan fingerprint density at radius 2 is 2.29 bits per heavy atom. The van der Waals surface area contributed by atoms with Crippen molar-refractivity contribution in [3.8, 4) is 5.69 Å². The van der Waals surface area contributed by atoms with Crippen LogP contribution in [0.1, 0.15) is 23.9 Å². The molecule has 1 aliphatic rings. The number of hydrogen-bond donors (Lipinski definition) is 1. The summed E-state index contributed by atoms with van der Waals surface area (Å²) in [5.74, 6) is 1.01. The van der Waals surface area contributed by atoms with Gasteiger partial charge < -0.3 is 14.3 Å². The molecule has 3 aromatic rings. The van der Waals surface area contributed by atoms with Gasteiger partial charge in [0.25, 0.3) is 0 Å². The number of hydrogen-bond acceptors (Lipinski definition) is 3. The number of halogens is 1.